The van der Waals surface area contributed by atoms with E-state index in [0.29, 0.717) is 5.69 Å². The summed E-state index contributed by atoms with van der Waals surface area (Å²) in [5, 5.41) is 0. The molecule has 0 spiro atoms. The number of rotatable bonds is 0. The first-order valence-corrected chi connectivity index (χ1v) is 5.33. The highest BCUT2D eigenvalue weighted by Gasteiger charge is 2.29. The molecule has 0 amide bonds. The van der Waals surface area contributed by atoms with Crippen LogP contribution in [0.2, 0.25) is 0 Å². The van der Waals surface area contributed by atoms with Crippen molar-refractivity contribution < 1.29 is 13.2 Å². The Kier molecular flexibility index (Phi) is 4.63. The smallest absolute Gasteiger partial charge is 0.399 e. The van der Waals surface area contributed by atoms with E-state index in [-0.39, 0.29) is 0 Å². The molecule has 0 bridgehead atoms. The Morgan fingerprint density at radius 3 is 1.11 bits per heavy atom. The highest BCUT2D eigenvalue weighted by molar-refractivity contribution is 5.47. The highest BCUT2D eigenvalue weighted by atomic mass is 19.4. The van der Waals surface area contributed by atoms with Crippen LogP contribution < -0.4 is 17.2 Å². The van der Waals surface area contributed by atoms with Gasteiger partial charge in [-0.25, -0.2) is 0 Å². The molecule has 2 aromatic carbocycles. The van der Waals surface area contributed by atoms with Gasteiger partial charge in [-0.15, -0.1) is 0 Å². The molecule has 0 aromatic heterocycles. The standard InChI is InChI=1S/C7H6F3N.C6H8N2/c8-7(9,10)5-1-3-6(11)4-2-5;7-5-1-2-6(8)4-3-5/h1-4H,11H2;1-4H,7-8H2. The highest BCUT2D eigenvalue weighted by Crippen LogP contribution is 2.29. The summed E-state index contributed by atoms with van der Waals surface area (Å²) >= 11 is 0. The summed E-state index contributed by atoms with van der Waals surface area (Å²) in [6.45, 7) is 0. The van der Waals surface area contributed by atoms with Crippen molar-refractivity contribution in [3.05, 3.63) is 54.1 Å². The second-order valence-electron chi connectivity index (χ2n) is 3.79. The fourth-order valence-electron chi connectivity index (χ4n) is 1.17. The molecule has 19 heavy (non-hydrogen) atoms. The molecule has 0 aliphatic rings. The Bertz CT molecular complexity index is 483. The molecule has 0 heterocycles. The number of nitrogen functional groups attached to an aromatic ring is 3. The Balaban J connectivity index is 0.000000200. The van der Waals surface area contributed by atoms with Gasteiger partial charge in [0.15, 0.2) is 0 Å². The van der Waals surface area contributed by atoms with E-state index in [1.807, 2.05) is 0 Å². The van der Waals surface area contributed by atoms with E-state index in [9.17, 15) is 13.2 Å². The van der Waals surface area contributed by atoms with Gasteiger partial charge in [0.25, 0.3) is 0 Å². The van der Waals surface area contributed by atoms with Crippen molar-refractivity contribution in [1.82, 2.24) is 0 Å². The van der Waals surface area contributed by atoms with Gasteiger partial charge in [0.1, 0.15) is 0 Å². The van der Waals surface area contributed by atoms with Crippen molar-refractivity contribution in [2.75, 3.05) is 17.2 Å². The lowest BCUT2D eigenvalue weighted by Gasteiger charge is -2.05. The maximum absolute atomic E-state index is 11.9. The molecule has 2 aromatic rings. The van der Waals surface area contributed by atoms with Crippen LogP contribution in [0, 0.1) is 0 Å². The van der Waals surface area contributed by atoms with Gasteiger partial charge in [0, 0.05) is 17.1 Å². The molecule has 3 nitrogen and oxygen atoms in total. The third-order valence-corrected chi connectivity index (χ3v) is 2.17. The van der Waals surface area contributed by atoms with Gasteiger partial charge in [0.05, 0.1) is 5.56 Å². The zero-order valence-corrected chi connectivity index (χ0v) is 9.98. The summed E-state index contributed by atoms with van der Waals surface area (Å²) in [7, 11) is 0. The molecule has 6 N–H and O–H groups in total. The lowest BCUT2D eigenvalue weighted by Crippen LogP contribution is -2.04. The monoisotopic (exact) mass is 269 g/mol. The van der Waals surface area contributed by atoms with E-state index < -0.39 is 11.7 Å². The fourth-order valence-corrected chi connectivity index (χ4v) is 1.17. The molecule has 0 radical (unpaired) electrons. The molecule has 102 valence electrons. The third-order valence-electron chi connectivity index (χ3n) is 2.17. The third kappa shape index (κ3) is 5.20. The van der Waals surface area contributed by atoms with Gasteiger partial charge in [0.2, 0.25) is 0 Å². The lowest BCUT2D eigenvalue weighted by molar-refractivity contribution is -0.137. The van der Waals surface area contributed by atoms with E-state index in [0.717, 1.165) is 23.5 Å². The van der Waals surface area contributed by atoms with Crippen molar-refractivity contribution in [1.29, 1.82) is 0 Å². The minimum absolute atomic E-state index is 0.331. The Morgan fingerprint density at radius 2 is 0.842 bits per heavy atom. The number of alkyl halides is 3. The Morgan fingerprint density at radius 1 is 0.579 bits per heavy atom. The normalized spacial score (nSPS) is 10.5. The average molecular weight is 269 g/mol. The van der Waals surface area contributed by atoms with Crippen LogP contribution in [0.3, 0.4) is 0 Å². The van der Waals surface area contributed by atoms with Crippen LogP contribution >= 0.6 is 0 Å². The summed E-state index contributed by atoms with van der Waals surface area (Å²) in [5.41, 5.74) is 17.1. The predicted octanol–water partition coefficient (Wildman–Crippen LogP) is 3.14. The molecule has 2 rings (SSSR count). The van der Waals surface area contributed by atoms with E-state index >= 15 is 0 Å². The van der Waals surface area contributed by atoms with Gasteiger partial charge >= 0.3 is 6.18 Å². The van der Waals surface area contributed by atoms with Crippen LogP contribution in [0.15, 0.2) is 48.5 Å². The Hall–Kier alpha value is -2.37. The minimum atomic E-state index is -4.27. The first kappa shape index (κ1) is 14.7. The van der Waals surface area contributed by atoms with E-state index in [1.165, 1.54) is 12.1 Å². The second-order valence-corrected chi connectivity index (χ2v) is 3.79. The van der Waals surface area contributed by atoms with Gasteiger partial charge in [-0.2, -0.15) is 13.2 Å². The molecular formula is C13H14F3N3. The van der Waals surface area contributed by atoms with Crippen molar-refractivity contribution in [2.45, 2.75) is 6.18 Å². The van der Waals surface area contributed by atoms with Crippen LogP contribution in [-0.4, -0.2) is 0 Å². The molecule has 0 saturated carbocycles. The first-order valence-electron chi connectivity index (χ1n) is 5.33. The fraction of sp³-hybridized carbons (Fsp3) is 0.0769. The van der Waals surface area contributed by atoms with Crippen molar-refractivity contribution in [3.8, 4) is 0 Å². The predicted molar refractivity (Wildman–Crippen MR) is 71.1 cm³/mol. The molecule has 0 aliphatic heterocycles. The summed E-state index contributed by atoms with van der Waals surface area (Å²) in [4.78, 5) is 0. The molecule has 0 fully saturated rings. The van der Waals surface area contributed by atoms with E-state index in [2.05, 4.69) is 0 Å². The molecule has 0 saturated heterocycles. The number of hydrogen-bond donors (Lipinski definition) is 3. The zero-order chi connectivity index (χ0) is 14.5. The number of benzene rings is 2. The second kappa shape index (κ2) is 5.99. The van der Waals surface area contributed by atoms with Crippen molar-refractivity contribution in [2.24, 2.45) is 0 Å². The molecule has 0 aliphatic carbocycles. The number of nitrogens with two attached hydrogens (primary N) is 3. The lowest BCUT2D eigenvalue weighted by atomic mass is 10.2. The van der Waals surface area contributed by atoms with Gasteiger partial charge in [-0.05, 0) is 48.5 Å². The summed E-state index contributed by atoms with van der Waals surface area (Å²) in [6, 6.07) is 11.5. The average Bonchev–Trinajstić information content (AvgIpc) is 2.33. The van der Waals surface area contributed by atoms with Gasteiger partial charge in [-0.3, -0.25) is 0 Å². The van der Waals surface area contributed by atoms with Crippen molar-refractivity contribution >= 4 is 17.1 Å². The quantitative estimate of drug-likeness (QED) is 0.643. The number of halogens is 3. The first-order chi connectivity index (χ1) is 8.79. The molecule has 0 unspecified atom stereocenters. The molecular weight excluding hydrogens is 255 g/mol. The molecule has 0 atom stereocenters. The number of hydrogen-bond acceptors (Lipinski definition) is 3. The van der Waals surface area contributed by atoms with Crippen LogP contribution in [0.1, 0.15) is 5.56 Å². The molecule has 6 heteroatoms. The zero-order valence-electron chi connectivity index (χ0n) is 9.98. The van der Waals surface area contributed by atoms with E-state index in [4.69, 9.17) is 17.2 Å². The SMILES string of the molecule is Nc1ccc(C(F)(F)F)cc1.Nc1ccc(N)cc1. The Labute approximate surface area is 108 Å². The van der Waals surface area contributed by atoms with Crippen LogP contribution in [0.4, 0.5) is 30.2 Å². The topological polar surface area (TPSA) is 78.1 Å². The van der Waals surface area contributed by atoms with Crippen LogP contribution in [0.25, 0.3) is 0 Å². The van der Waals surface area contributed by atoms with Crippen molar-refractivity contribution in [3.63, 3.8) is 0 Å². The maximum Gasteiger partial charge on any atom is 0.416 e. The largest absolute Gasteiger partial charge is 0.416 e. The van der Waals surface area contributed by atoms with Gasteiger partial charge in [-0.1, -0.05) is 0 Å². The number of anilines is 3. The summed E-state index contributed by atoms with van der Waals surface area (Å²) in [6.07, 6.45) is -4.27. The van der Waals surface area contributed by atoms with Crippen LogP contribution in [-0.2, 0) is 6.18 Å². The summed E-state index contributed by atoms with van der Waals surface area (Å²) < 4.78 is 35.6. The summed E-state index contributed by atoms with van der Waals surface area (Å²) in [5.74, 6) is 0. The minimum Gasteiger partial charge on any atom is -0.399 e. The van der Waals surface area contributed by atoms with Gasteiger partial charge < -0.3 is 17.2 Å². The van der Waals surface area contributed by atoms with Crippen LogP contribution in [0.5, 0.6) is 0 Å². The maximum atomic E-state index is 11.9. The van der Waals surface area contributed by atoms with E-state index in [1.54, 1.807) is 24.3 Å².